The largest absolute Gasteiger partial charge is 0.352 e. The highest BCUT2D eigenvalue weighted by Gasteiger charge is 2.33. The summed E-state index contributed by atoms with van der Waals surface area (Å²) in [6.07, 6.45) is 0.703. The van der Waals surface area contributed by atoms with Crippen molar-refractivity contribution in [3.63, 3.8) is 0 Å². The van der Waals surface area contributed by atoms with E-state index in [1.54, 1.807) is 49.4 Å². The second-order valence-corrected chi connectivity index (χ2v) is 12.1. The number of carbonyl (C=O) groups is 2. The van der Waals surface area contributed by atoms with Crippen molar-refractivity contribution < 1.29 is 18.0 Å². The zero-order valence-corrected chi connectivity index (χ0v) is 24.9. The first kappa shape index (κ1) is 30.8. The van der Waals surface area contributed by atoms with Gasteiger partial charge in [-0.1, -0.05) is 78.1 Å². The highest BCUT2D eigenvalue weighted by molar-refractivity contribution is 7.92. The maximum atomic E-state index is 13.9. The van der Waals surface area contributed by atoms with Crippen molar-refractivity contribution in [2.24, 2.45) is 0 Å². The summed E-state index contributed by atoms with van der Waals surface area (Å²) in [5.74, 6) is -0.987. The molecule has 11 heteroatoms. The minimum absolute atomic E-state index is 0.0127. The van der Waals surface area contributed by atoms with Gasteiger partial charge < -0.3 is 10.2 Å². The third-order valence-electron chi connectivity index (χ3n) is 6.26. The number of rotatable bonds is 11. The third kappa shape index (κ3) is 7.66. The molecule has 2 amide bonds. The molecule has 0 aromatic heterocycles. The van der Waals surface area contributed by atoms with Gasteiger partial charge in [0.25, 0.3) is 10.0 Å². The maximum absolute atomic E-state index is 13.9. The second-order valence-electron chi connectivity index (χ2n) is 9.03. The summed E-state index contributed by atoms with van der Waals surface area (Å²) in [4.78, 5) is 28.3. The number of hydrogen-bond donors (Lipinski definition) is 1. The lowest BCUT2D eigenvalue weighted by molar-refractivity contribution is -0.139. The van der Waals surface area contributed by atoms with Gasteiger partial charge in [0, 0.05) is 22.6 Å². The SMILES string of the molecule is CC[C@H](C)NC(=O)[C@H](C)N(Cc1ccccc1Cl)C(=O)CN(c1ccc(Cl)cc1Cl)S(=O)(=O)c1ccccc1. The van der Waals surface area contributed by atoms with Crippen molar-refractivity contribution in [3.05, 3.63) is 93.4 Å². The van der Waals surface area contributed by atoms with Gasteiger partial charge in [0.2, 0.25) is 11.8 Å². The van der Waals surface area contributed by atoms with Crippen LogP contribution in [0.1, 0.15) is 32.8 Å². The van der Waals surface area contributed by atoms with Crippen LogP contribution in [-0.2, 0) is 26.2 Å². The summed E-state index contributed by atoms with van der Waals surface area (Å²) in [6, 6.07) is 18.0. The number of nitrogens with one attached hydrogen (secondary N) is 1. The number of carbonyl (C=O) groups excluding carboxylic acids is 2. The standard InChI is InChI=1S/C28H30Cl3N3O4S/c1-4-19(2)32-28(36)20(3)33(17-21-10-8-9-13-24(21)30)27(35)18-34(26-15-14-22(29)16-25(26)31)39(37,38)23-11-6-5-7-12-23/h5-16,19-20H,4,17-18H2,1-3H3,(H,32,36)/t19-,20-/m0/s1. The molecule has 3 rings (SSSR count). The van der Waals surface area contributed by atoms with Crippen molar-refractivity contribution in [2.75, 3.05) is 10.8 Å². The Balaban J connectivity index is 2.06. The van der Waals surface area contributed by atoms with Crippen LogP contribution in [0.25, 0.3) is 0 Å². The average Bonchev–Trinajstić information content (AvgIpc) is 2.91. The smallest absolute Gasteiger partial charge is 0.264 e. The second kappa shape index (κ2) is 13.5. The Kier molecular flexibility index (Phi) is 10.7. The first-order valence-corrected chi connectivity index (χ1v) is 14.9. The van der Waals surface area contributed by atoms with Crippen molar-refractivity contribution >= 4 is 62.3 Å². The van der Waals surface area contributed by atoms with E-state index < -0.39 is 28.5 Å². The highest BCUT2D eigenvalue weighted by Crippen LogP contribution is 2.33. The molecule has 3 aromatic carbocycles. The van der Waals surface area contributed by atoms with Crippen molar-refractivity contribution in [1.82, 2.24) is 10.2 Å². The van der Waals surface area contributed by atoms with Crippen molar-refractivity contribution in [2.45, 2.75) is 50.7 Å². The molecule has 0 spiro atoms. The molecule has 0 heterocycles. The number of halogens is 3. The molecule has 7 nitrogen and oxygen atoms in total. The number of sulfonamides is 1. The van der Waals surface area contributed by atoms with Crippen LogP contribution in [-0.4, -0.2) is 43.8 Å². The fraction of sp³-hybridized carbons (Fsp3) is 0.286. The predicted molar refractivity (Wildman–Crippen MR) is 157 cm³/mol. The lowest BCUT2D eigenvalue weighted by Crippen LogP contribution is -2.52. The van der Waals surface area contributed by atoms with E-state index in [0.717, 1.165) is 4.31 Å². The Labute approximate surface area is 244 Å². The maximum Gasteiger partial charge on any atom is 0.264 e. The van der Waals surface area contributed by atoms with Crippen molar-refractivity contribution in [3.8, 4) is 0 Å². The van der Waals surface area contributed by atoms with E-state index in [1.807, 2.05) is 13.8 Å². The molecular formula is C28H30Cl3N3O4S. The number of benzene rings is 3. The van der Waals surface area contributed by atoms with Crippen LogP contribution in [0.2, 0.25) is 15.1 Å². The number of hydrogen-bond acceptors (Lipinski definition) is 4. The molecule has 3 aromatic rings. The van der Waals surface area contributed by atoms with Gasteiger partial charge in [-0.3, -0.25) is 13.9 Å². The van der Waals surface area contributed by atoms with E-state index in [0.29, 0.717) is 22.0 Å². The first-order chi connectivity index (χ1) is 18.4. The molecule has 0 bridgehead atoms. The molecule has 39 heavy (non-hydrogen) atoms. The molecule has 2 atom stereocenters. The van der Waals surface area contributed by atoms with Crippen LogP contribution in [0.3, 0.4) is 0 Å². The minimum atomic E-state index is -4.24. The van der Waals surface area contributed by atoms with Crippen LogP contribution >= 0.6 is 34.8 Å². The fourth-order valence-electron chi connectivity index (χ4n) is 3.77. The van der Waals surface area contributed by atoms with Crippen LogP contribution in [0.15, 0.2) is 77.7 Å². The number of nitrogens with zero attached hydrogens (tertiary/aromatic N) is 2. The number of anilines is 1. The lowest BCUT2D eigenvalue weighted by atomic mass is 10.1. The van der Waals surface area contributed by atoms with Crippen LogP contribution in [0, 0.1) is 0 Å². The molecule has 0 saturated carbocycles. The van der Waals surface area contributed by atoms with Crippen molar-refractivity contribution in [1.29, 1.82) is 0 Å². The van der Waals surface area contributed by atoms with Gasteiger partial charge in [0.15, 0.2) is 0 Å². The summed E-state index contributed by atoms with van der Waals surface area (Å²) in [7, 11) is -4.24. The van der Waals surface area contributed by atoms with E-state index in [1.165, 1.54) is 35.2 Å². The molecule has 0 radical (unpaired) electrons. The summed E-state index contributed by atoms with van der Waals surface area (Å²) in [5, 5.41) is 3.66. The summed E-state index contributed by atoms with van der Waals surface area (Å²) < 4.78 is 28.5. The normalized spacial score (nSPS) is 12.9. The average molecular weight is 611 g/mol. The zero-order chi connectivity index (χ0) is 28.7. The Bertz CT molecular complexity index is 1420. The van der Waals surface area contributed by atoms with Gasteiger partial charge in [0.05, 0.1) is 15.6 Å². The summed E-state index contributed by atoms with van der Waals surface area (Å²) in [6.45, 7) is 4.76. The van der Waals surface area contributed by atoms with Gasteiger partial charge in [-0.15, -0.1) is 0 Å². The zero-order valence-electron chi connectivity index (χ0n) is 21.8. The molecule has 0 aliphatic rings. The number of amides is 2. The van der Waals surface area contributed by atoms with Crippen LogP contribution < -0.4 is 9.62 Å². The van der Waals surface area contributed by atoms with Crippen LogP contribution in [0.5, 0.6) is 0 Å². The monoisotopic (exact) mass is 609 g/mol. The van der Waals surface area contributed by atoms with E-state index in [-0.39, 0.29) is 34.1 Å². The summed E-state index contributed by atoms with van der Waals surface area (Å²) in [5.41, 5.74) is 0.686. The molecular weight excluding hydrogens is 581 g/mol. The van der Waals surface area contributed by atoms with E-state index in [4.69, 9.17) is 34.8 Å². The molecule has 208 valence electrons. The quantitative estimate of drug-likeness (QED) is 0.281. The molecule has 0 saturated heterocycles. The molecule has 0 fully saturated rings. The topological polar surface area (TPSA) is 86.8 Å². The molecule has 0 unspecified atom stereocenters. The Morgan fingerprint density at radius 1 is 0.897 bits per heavy atom. The van der Waals surface area contributed by atoms with Gasteiger partial charge in [0.1, 0.15) is 12.6 Å². The van der Waals surface area contributed by atoms with E-state index >= 15 is 0 Å². The van der Waals surface area contributed by atoms with Gasteiger partial charge >= 0.3 is 0 Å². The fourth-order valence-corrected chi connectivity index (χ4v) is 5.99. The molecule has 0 aliphatic heterocycles. The summed E-state index contributed by atoms with van der Waals surface area (Å²) >= 11 is 18.9. The van der Waals surface area contributed by atoms with Crippen LogP contribution in [0.4, 0.5) is 5.69 Å². The van der Waals surface area contributed by atoms with E-state index in [2.05, 4.69) is 5.32 Å². The van der Waals surface area contributed by atoms with Gasteiger partial charge in [-0.2, -0.15) is 0 Å². The first-order valence-electron chi connectivity index (χ1n) is 12.3. The Hall–Kier alpha value is -2.78. The van der Waals surface area contributed by atoms with Gasteiger partial charge in [-0.05, 0) is 62.2 Å². The Morgan fingerprint density at radius 2 is 1.54 bits per heavy atom. The molecule has 1 N–H and O–H groups in total. The third-order valence-corrected chi connectivity index (χ3v) is 8.94. The lowest BCUT2D eigenvalue weighted by Gasteiger charge is -2.33. The molecule has 0 aliphatic carbocycles. The minimum Gasteiger partial charge on any atom is -0.352 e. The van der Waals surface area contributed by atoms with E-state index in [9.17, 15) is 18.0 Å². The van der Waals surface area contributed by atoms with Gasteiger partial charge in [-0.25, -0.2) is 8.42 Å². The Morgan fingerprint density at radius 3 is 2.15 bits per heavy atom. The predicted octanol–water partition coefficient (Wildman–Crippen LogP) is 6.17. The highest BCUT2D eigenvalue weighted by atomic mass is 35.5.